The van der Waals surface area contributed by atoms with E-state index in [9.17, 15) is 4.79 Å². The molecular formula is C21H32N4O3. The summed E-state index contributed by atoms with van der Waals surface area (Å²) in [7, 11) is 2.25. The molecule has 28 heavy (non-hydrogen) atoms. The molecule has 0 unspecified atom stereocenters. The molecule has 7 nitrogen and oxygen atoms in total. The Morgan fingerprint density at radius 2 is 1.86 bits per heavy atom. The number of carbonyl (C=O) groups is 1. The molecule has 1 spiro atoms. The van der Waals surface area contributed by atoms with E-state index in [1.54, 1.807) is 6.26 Å². The highest BCUT2D eigenvalue weighted by Gasteiger charge is 2.43. The van der Waals surface area contributed by atoms with Gasteiger partial charge in [0.2, 0.25) is 0 Å². The van der Waals surface area contributed by atoms with Gasteiger partial charge in [-0.15, -0.1) is 0 Å². The zero-order valence-corrected chi connectivity index (χ0v) is 16.9. The summed E-state index contributed by atoms with van der Waals surface area (Å²) in [6.45, 7) is 8.60. The van der Waals surface area contributed by atoms with Crippen LogP contribution in [0.15, 0.2) is 28.9 Å². The van der Waals surface area contributed by atoms with E-state index in [2.05, 4.69) is 29.0 Å². The van der Waals surface area contributed by atoms with E-state index >= 15 is 0 Å². The van der Waals surface area contributed by atoms with Crippen molar-refractivity contribution in [3.8, 4) is 0 Å². The fourth-order valence-corrected chi connectivity index (χ4v) is 4.61. The van der Waals surface area contributed by atoms with Gasteiger partial charge in [-0.1, -0.05) is 6.08 Å². The lowest BCUT2D eigenvalue weighted by atomic mass is 9.83. The van der Waals surface area contributed by atoms with Gasteiger partial charge in [-0.3, -0.25) is 9.80 Å². The van der Waals surface area contributed by atoms with Crippen molar-refractivity contribution >= 4 is 12.1 Å². The predicted molar refractivity (Wildman–Crippen MR) is 108 cm³/mol. The van der Waals surface area contributed by atoms with Gasteiger partial charge < -0.3 is 19.0 Å². The molecule has 7 heteroatoms. The summed E-state index contributed by atoms with van der Waals surface area (Å²) < 4.78 is 10.7. The third kappa shape index (κ3) is 4.26. The monoisotopic (exact) mass is 388 g/mol. The highest BCUT2D eigenvalue weighted by atomic mass is 16.5. The van der Waals surface area contributed by atoms with Crippen LogP contribution >= 0.6 is 0 Å². The van der Waals surface area contributed by atoms with Gasteiger partial charge in [0.05, 0.1) is 19.5 Å². The molecule has 1 aromatic heterocycles. The summed E-state index contributed by atoms with van der Waals surface area (Å²) in [5.41, 5.74) is 0.179. The maximum absolute atomic E-state index is 12.8. The van der Waals surface area contributed by atoms with E-state index in [4.69, 9.17) is 9.15 Å². The van der Waals surface area contributed by atoms with Gasteiger partial charge >= 0.3 is 6.03 Å². The second kappa shape index (κ2) is 8.68. The topological polar surface area (TPSA) is 52.4 Å². The minimum Gasteiger partial charge on any atom is -0.465 e. The number of nitrogens with zero attached hydrogens (tertiary/aromatic N) is 4. The standard InChI is InChI=1S/C21H32N4O3/c1-22-11-12-23(8-2-4-19-5-3-15-28-19)18-21(22)6-9-24(10-7-21)20(26)25-13-16-27-17-14-25/h2-5,15H,6-14,16-18H2,1H3/b4-2+. The van der Waals surface area contributed by atoms with Crippen molar-refractivity contribution in [2.24, 2.45) is 0 Å². The number of piperidine rings is 1. The number of amides is 2. The molecular weight excluding hydrogens is 356 g/mol. The molecule has 1 aromatic rings. The van der Waals surface area contributed by atoms with Crippen molar-refractivity contribution in [3.63, 3.8) is 0 Å². The first-order valence-corrected chi connectivity index (χ1v) is 10.4. The Labute approximate surface area is 167 Å². The van der Waals surface area contributed by atoms with Crippen molar-refractivity contribution in [2.45, 2.75) is 18.4 Å². The number of ether oxygens (including phenoxy) is 1. The van der Waals surface area contributed by atoms with Crippen molar-refractivity contribution in [1.82, 2.24) is 19.6 Å². The number of piperazine rings is 1. The van der Waals surface area contributed by atoms with Gasteiger partial charge in [0, 0.05) is 57.9 Å². The van der Waals surface area contributed by atoms with Gasteiger partial charge in [-0.2, -0.15) is 0 Å². The van der Waals surface area contributed by atoms with E-state index in [1.807, 2.05) is 21.9 Å². The number of furan rings is 1. The van der Waals surface area contributed by atoms with Crippen LogP contribution in [0.2, 0.25) is 0 Å². The molecule has 3 fully saturated rings. The first kappa shape index (κ1) is 19.5. The fourth-order valence-electron chi connectivity index (χ4n) is 4.61. The van der Waals surface area contributed by atoms with E-state index in [0.29, 0.717) is 13.2 Å². The quantitative estimate of drug-likeness (QED) is 0.791. The third-order valence-corrected chi connectivity index (χ3v) is 6.51. The van der Waals surface area contributed by atoms with Crippen LogP contribution in [0.3, 0.4) is 0 Å². The molecule has 2 amide bonds. The Kier molecular flexibility index (Phi) is 6.04. The van der Waals surface area contributed by atoms with Gasteiger partial charge in [0.1, 0.15) is 5.76 Å². The number of likely N-dealkylation sites (N-methyl/N-ethyl adjacent to an activating group) is 1. The van der Waals surface area contributed by atoms with Crippen LogP contribution in [0, 0.1) is 0 Å². The second-order valence-corrected chi connectivity index (χ2v) is 8.17. The van der Waals surface area contributed by atoms with E-state index < -0.39 is 0 Å². The van der Waals surface area contributed by atoms with Gasteiger partial charge in [-0.05, 0) is 38.1 Å². The predicted octanol–water partition coefficient (Wildman–Crippen LogP) is 1.83. The summed E-state index contributed by atoms with van der Waals surface area (Å²) in [5.74, 6) is 0.902. The third-order valence-electron chi connectivity index (χ3n) is 6.51. The second-order valence-electron chi connectivity index (χ2n) is 8.17. The summed E-state index contributed by atoms with van der Waals surface area (Å²) >= 11 is 0. The van der Waals surface area contributed by atoms with Crippen LogP contribution in [0.25, 0.3) is 6.08 Å². The molecule has 0 atom stereocenters. The normalized spacial score (nSPS) is 24.3. The summed E-state index contributed by atoms with van der Waals surface area (Å²) in [6, 6.07) is 4.08. The Balaban J connectivity index is 1.31. The molecule has 3 saturated heterocycles. The summed E-state index contributed by atoms with van der Waals surface area (Å²) in [5, 5.41) is 0. The largest absolute Gasteiger partial charge is 0.465 e. The average Bonchev–Trinajstić information content (AvgIpc) is 3.25. The van der Waals surface area contributed by atoms with Gasteiger partial charge in [0.25, 0.3) is 0 Å². The molecule has 4 rings (SSSR count). The maximum Gasteiger partial charge on any atom is 0.320 e. The van der Waals surface area contributed by atoms with Crippen LogP contribution in [0.5, 0.6) is 0 Å². The van der Waals surface area contributed by atoms with Crippen molar-refractivity contribution in [2.75, 3.05) is 72.6 Å². The number of carbonyl (C=O) groups excluding carboxylic acids is 1. The zero-order valence-electron chi connectivity index (χ0n) is 16.9. The lowest BCUT2D eigenvalue weighted by Gasteiger charge is -2.53. The van der Waals surface area contributed by atoms with Crippen molar-refractivity contribution in [1.29, 1.82) is 0 Å². The smallest absolute Gasteiger partial charge is 0.320 e. The first-order valence-electron chi connectivity index (χ1n) is 10.4. The zero-order chi connectivity index (χ0) is 19.4. The number of morpholine rings is 1. The van der Waals surface area contributed by atoms with Crippen molar-refractivity contribution in [3.05, 3.63) is 30.2 Å². The van der Waals surface area contributed by atoms with Crippen LogP contribution in [0.1, 0.15) is 18.6 Å². The SMILES string of the molecule is CN1CCN(C/C=C/c2ccco2)CC12CCN(C(=O)N1CCOCC1)CC2. The molecule has 0 bridgehead atoms. The Morgan fingerprint density at radius 1 is 1.11 bits per heavy atom. The van der Waals surface area contributed by atoms with Crippen LogP contribution in [-0.4, -0.2) is 104 Å². The van der Waals surface area contributed by atoms with Crippen molar-refractivity contribution < 1.29 is 13.9 Å². The lowest BCUT2D eigenvalue weighted by molar-refractivity contribution is -0.0221. The molecule has 0 aromatic carbocycles. The lowest BCUT2D eigenvalue weighted by Crippen LogP contribution is -2.65. The number of urea groups is 1. The number of hydrogen-bond donors (Lipinski definition) is 0. The highest BCUT2D eigenvalue weighted by Crippen LogP contribution is 2.32. The Morgan fingerprint density at radius 3 is 2.57 bits per heavy atom. The molecule has 154 valence electrons. The molecule has 4 heterocycles. The summed E-state index contributed by atoms with van der Waals surface area (Å²) in [4.78, 5) is 21.8. The maximum atomic E-state index is 12.8. The first-order chi connectivity index (χ1) is 13.7. The fraction of sp³-hybridized carbons (Fsp3) is 0.667. The molecule has 0 aliphatic carbocycles. The number of likely N-dealkylation sites (tertiary alicyclic amines) is 1. The van der Waals surface area contributed by atoms with E-state index in [-0.39, 0.29) is 11.6 Å². The molecule has 0 saturated carbocycles. The van der Waals surface area contributed by atoms with Crippen LogP contribution < -0.4 is 0 Å². The average molecular weight is 389 g/mol. The molecule has 3 aliphatic rings. The van der Waals surface area contributed by atoms with Crippen LogP contribution in [0.4, 0.5) is 4.79 Å². The highest BCUT2D eigenvalue weighted by molar-refractivity contribution is 5.74. The molecule has 0 radical (unpaired) electrons. The number of rotatable bonds is 3. The Bertz CT molecular complexity index is 661. The minimum atomic E-state index is 0.179. The minimum absolute atomic E-state index is 0.179. The summed E-state index contributed by atoms with van der Waals surface area (Å²) in [6.07, 6.45) is 8.02. The molecule has 0 N–H and O–H groups in total. The Hall–Kier alpha value is -1.83. The van der Waals surface area contributed by atoms with E-state index in [0.717, 1.165) is 71.0 Å². The number of hydrogen-bond acceptors (Lipinski definition) is 5. The van der Waals surface area contributed by atoms with E-state index in [1.165, 1.54) is 0 Å². The van der Waals surface area contributed by atoms with Gasteiger partial charge in [0.15, 0.2) is 0 Å². The molecule has 3 aliphatic heterocycles. The van der Waals surface area contributed by atoms with Gasteiger partial charge in [-0.25, -0.2) is 4.79 Å². The van der Waals surface area contributed by atoms with Crippen LogP contribution in [-0.2, 0) is 4.74 Å².